The second-order valence-electron chi connectivity index (χ2n) is 4.82. The topological polar surface area (TPSA) is 73.6 Å². The molecule has 0 spiro atoms. The summed E-state index contributed by atoms with van der Waals surface area (Å²) in [5.74, 6) is 1.26. The molecule has 0 bridgehead atoms. The Morgan fingerprint density at radius 1 is 1.22 bits per heavy atom. The molecule has 0 unspecified atom stereocenters. The first-order valence-electron chi connectivity index (χ1n) is 6.17. The lowest BCUT2D eigenvalue weighted by Gasteiger charge is -2.36. The van der Waals surface area contributed by atoms with Gasteiger partial charge in [-0.05, 0) is 31.4 Å². The van der Waals surface area contributed by atoms with Gasteiger partial charge < -0.3 is 20.5 Å². The molecule has 2 aliphatic rings. The molecule has 0 atom stereocenters. The van der Waals surface area contributed by atoms with E-state index in [9.17, 15) is 4.79 Å². The van der Waals surface area contributed by atoms with E-state index < -0.39 is 5.54 Å². The van der Waals surface area contributed by atoms with Crippen LogP contribution < -0.4 is 20.5 Å². The summed E-state index contributed by atoms with van der Waals surface area (Å²) in [6, 6.07) is 5.37. The summed E-state index contributed by atoms with van der Waals surface area (Å²) in [7, 11) is 0. The number of hydrogen-bond donors (Lipinski definition) is 2. The molecular weight excluding hydrogens is 232 g/mol. The number of anilines is 1. The highest BCUT2D eigenvalue weighted by molar-refractivity contribution is 5.98. The van der Waals surface area contributed by atoms with Gasteiger partial charge in [0.2, 0.25) is 5.91 Å². The summed E-state index contributed by atoms with van der Waals surface area (Å²) in [5.41, 5.74) is 5.97. The monoisotopic (exact) mass is 248 g/mol. The fourth-order valence-corrected chi connectivity index (χ4v) is 2.16. The zero-order chi connectivity index (χ0) is 12.6. The van der Waals surface area contributed by atoms with Crippen molar-refractivity contribution in [2.24, 2.45) is 5.73 Å². The summed E-state index contributed by atoms with van der Waals surface area (Å²) in [5, 5.41) is 2.83. The van der Waals surface area contributed by atoms with Gasteiger partial charge in [0.05, 0.1) is 5.54 Å². The highest BCUT2D eigenvalue weighted by atomic mass is 16.6. The van der Waals surface area contributed by atoms with Gasteiger partial charge in [0, 0.05) is 11.8 Å². The average molecular weight is 248 g/mol. The van der Waals surface area contributed by atoms with Crippen molar-refractivity contribution in [1.29, 1.82) is 0 Å². The maximum Gasteiger partial charge on any atom is 0.244 e. The zero-order valence-corrected chi connectivity index (χ0v) is 10.1. The zero-order valence-electron chi connectivity index (χ0n) is 10.1. The van der Waals surface area contributed by atoms with Crippen LogP contribution in [-0.2, 0) is 4.79 Å². The van der Waals surface area contributed by atoms with E-state index in [1.54, 1.807) is 18.2 Å². The summed E-state index contributed by atoms with van der Waals surface area (Å²) in [6.07, 6.45) is 2.53. The van der Waals surface area contributed by atoms with Gasteiger partial charge >= 0.3 is 0 Å². The van der Waals surface area contributed by atoms with E-state index in [2.05, 4.69) is 5.32 Å². The van der Waals surface area contributed by atoms with E-state index in [0.717, 1.165) is 19.3 Å². The van der Waals surface area contributed by atoms with Gasteiger partial charge in [-0.15, -0.1) is 0 Å². The Labute approximate surface area is 105 Å². The van der Waals surface area contributed by atoms with Gasteiger partial charge in [0.15, 0.2) is 11.5 Å². The van der Waals surface area contributed by atoms with Gasteiger partial charge in [-0.25, -0.2) is 0 Å². The Morgan fingerprint density at radius 3 is 2.61 bits per heavy atom. The number of rotatable bonds is 2. The smallest absolute Gasteiger partial charge is 0.244 e. The fourth-order valence-electron chi connectivity index (χ4n) is 2.16. The predicted molar refractivity (Wildman–Crippen MR) is 66.8 cm³/mol. The van der Waals surface area contributed by atoms with Crippen molar-refractivity contribution in [3.05, 3.63) is 18.2 Å². The lowest BCUT2D eigenvalue weighted by atomic mass is 9.77. The van der Waals surface area contributed by atoms with Gasteiger partial charge in [-0.2, -0.15) is 0 Å². The maximum atomic E-state index is 12.0. The van der Waals surface area contributed by atoms with Crippen LogP contribution in [-0.4, -0.2) is 24.7 Å². The van der Waals surface area contributed by atoms with Gasteiger partial charge in [-0.1, -0.05) is 0 Å². The predicted octanol–water partition coefficient (Wildman–Crippen LogP) is 1.28. The Bertz CT molecular complexity index is 483. The molecule has 1 saturated carbocycles. The first-order valence-corrected chi connectivity index (χ1v) is 6.17. The number of nitrogens with one attached hydrogen (secondary N) is 1. The number of benzene rings is 1. The van der Waals surface area contributed by atoms with Crippen LogP contribution in [0.5, 0.6) is 11.5 Å². The molecule has 5 nitrogen and oxygen atoms in total. The van der Waals surface area contributed by atoms with Crippen LogP contribution in [0.3, 0.4) is 0 Å². The number of carbonyl (C=O) groups excluding carboxylic acids is 1. The van der Waals surface area contributed by atoms with Crippen molar-refractivity contribution in [3.8, 4) is 11.5 Å². The fraction of sp³-hybridized carbons (Fsp3) is 0.462. The van der Waals surface area contributed by atoms with Crippen molar-refractivity contribution >= 4 is 11.6 Å². The lowest BCUT2D eigenvalue weighted by molar-refractivity contribution is -0.123. The first kappa shape index (κ1) is 11.3. The van der Waals surface area contributed by atoms with E-state index in [4.69, 9.17) is 15.2 Å². The second kappa shape index (κ2) is 4.17. The first-order chi connectivity index (χ1) is 8.67. The van der Waals surface area contributed by atoms with Crippen LogP contribution in [0.1, 0.15) is 19.3 Å². The number of hydrogen-bond acceptors (Lipinski definition) is 4. The van der Waals surface area contributed by atoms with Gasteiger partial charge in [0.25, 0.3) is 0 Å². The molecule has 1 aromatic rings. The van der Waals surface area contributed by atoms with Gasteiger partial charge in [0.1, 0.15) is 13.2 Å². The molecular formula is C13H16N2O3. The number of fused-ring (bicyclic) bond motifs is 1. The van der Waals surface area contributed by atoms with Crippen LogP contribution in [0.25, 0.3) is 0 Å². The second-order valence-corrected chi connectivity index (χ2v) is 4.82. The molecule has 3 rings (SSSR count). The van der Waals surface area contributed by atoms with Crippen molar-refractivity contribution in [1.82, 2.24) is 0 Å². The standard InChI is InChI=1S/C13H16N2O3/c14-13(4-1-5-13)12(16)15-9-2-3-10-11(8-9)18-7-6-17-10/h2-3,8H,1,4-7,14H2,(H,15,16). The molecule has 1 amide bonds. The van der Waals surface area contributed by atoms with Crippen molar-refractivity contribution in [2.45, 2.75) is 24.8 Å². The van der Waals surface area contributed by atoms with E-state index in [1.165, 1.54) is 0 Å². The third kappa shape index (κ3) is 1.90. The van der Waals surface area contributed by atoms with Crippen molar-refractivity contribution in [2.75, 3.05) is 18.5 Å². The number of ether oxygens (including phenoxy) is 2. The Hall–Kier alpha value is -1.75. The summed E-state index contributed by atoms with van der Waals surface area (Å²) < 4.78 is 10.9. The molecule has 1 heterocycles. The van der Waals surface area contributed by atoms with Crippen LogP contribution in [0, 0.1) is 0 Å². The van der Waals surface area contributed by atoms with E-state index in [0.29, 0.717) is 30.4 Å². The Balaban J connectivity index is 1.75. The number of carbonyl (C=O) groups is 1. The molecule has 0 radical (unpaired) electrons. The largest absolute Gasteiger partial charge is 0.486 e. The van der Waals surface area contributed by atoms with E-state index in [1.807, 2.05) is 0 Å². The van der Waals surface area contributed by atoms with Crippen LogP contribution in [0.2, 0.25) is 0 Å². The van der Waals surface area contributed by atoms with Crippen molar-refractivity contribution < 1.29 is 14.3 Å². The van der Waals surface area contributed by atoms with Crippen LogP contribution >= 0.6 is 0 Å². The number of amides is 1. The summed E-state index contributed by atoms with van der Waals surface area (Å²) in [4.78, 5) is 12.0. The molecule has 96 valence electrons. The SMILES string of the molecule is NC1(C(=O)Nc2ccc3c(c2)OCCO3)CCC1. The minimum Gasteiger partial charge on any atom is -0.486 e. The van der Waals surface area contributed by atoms with E-state index >= 15 is 0 Å². The molecule has 1 aliphatic heterocycles. The highest BCUT2D eigenvalue weighted by Crippen LogP contribution is 2.34. The Kier molecular flexibility index (Phi) is 2.63. The molecule has 5 heteroatoms. The normalized spacial score (nSPS) is 19.8. The Morgan fingerprint density at radius 2 is 1.94 bits per heavy atom. The minimum atomic E-state index is -0.687. The summed E-state index contributed by atoms with van der Waals surface area (Å²) in [6.45, 7) is 1.09. The molecule has 18 heavy (non-hydrogen) atoms. The van der Waals surface area contributed by atoms with Gasteiger partial charge in [-0.3, -0.25) is 4.79 Å². The third-order valence-electron chi connectivity index (χ3n) is 3.50. The highest BCUT2D eigenvalue weighted by Gasteiger charge is 2.40. The number of nitrogens with two attached hydrogens (primary N) is 1. The quantitative estimate of drug-likeness (QED) is 0.826. The van der Waals surface area contributed by atoms with E-state index in [-0.39, 0.29) is 5.91 Å². The molecule has 1 aliphatic carbocycles. The maximum absolute atomic E-state index is 12.0. The van der Waals surface area contributed by atoms with Crippen molar-refractivity contribution in [3.63, 3.8) is 0 Å². The third-order valence-corrected chi connectivity index (χ3v) is 3.50. The molecule has 1 aromatic carbocycles. The van der Waals surface area contributed by atoms with Crippen LogP contribution in [0.15, 0.2) is 18.2 Å². The summed E-state index contributed by atoms with van der Waals surface area (Å²) >= 11 is 0. The molecule has 0 saturated heterocycles. The lowest BCUT2D eigenvalue weighted by Crippen LogP contribution is -2.56. The van der Waals surface area contributed by atoms with Crippen LogP contribution in [0.4, 0.5) is 5.69 Å². The molecule has 1 fully saturated rings. The average Bonchev–Trinajstić information content (AvgIpc) is 2.35. The minimum absolute atomic E-state index is 0.120. The molecule has 0 aromatic heterocycles. The molecule has 3 N–H and O–H groups in total.